The molecule has 1 atom stereocenters. The van der Waals surface area contributed by atoms with Crippen LogP contribution in [0.15, 0.2) is 18.5 Å². The summed E-state index contributed by atoms with van der Waals surface area (Å²) in [6, 6.07) is 1.89. The maximum absolute atomic E-state index is 11.9. The van der Waals surface area contributed by atoms with Gasteiger partial charge in [-0.3, -0.25) is 4.79 Å². The van der Waals surface area contributed by atoms with E-state index < -0.39 is 0 Å². The minimum atomic E-state index is -0.186. The highest BCUT2D eigenvalue weighted by molar-refractivity contribution is 5.81. The van der Waals surface area contributed by atoms with Crippen LogP contribution in [0.3, 0.4) is 0 Å². The number of aromatic nitrogens is 1. The Hall–Kier alpha value is -1.29. The number of carbonyl (C=O) groups is 1. The van der Waals surface area contributed by atoms with Crippen LogP contribution in [0.4, 0.5) is 0 Å². The molecule has 0 aliphatic rings. The summed E-state index contributed by atoms with van der Waals surface area (Å²) in [6.07, 6.45) is 4.15. The SMILES string of the molecule is CCn1ccc(CNC(C)C(=O)NC(C)(C)C)c1. The topological polar surface area (TPSA) is 46.1 Å². The molecule has 18 heavy (non-hydrogen) atoms. The second-order valence-electron chi connectivity index (χ2n) is 5.69. The summed E-state index contributed by atoms with van der Waals surface area (Å²) in [6.45, 7) is 11.6. The van der Waals surface area contributed by atoms with E-state index in [0.29, 0.717) is 6.54 Å². The number of carbonyl (C=O) groups excluding carboxylic acids is 1. The van der Waals surface area contributed by atoms with Gasteiger partial charge in [-0.1, -0.05) is 0 Å². The quantitative estimate of drug-likeness (QED) is 0.839. The van der Waals surface area contributed by atoms with Gasteiger partial charge in [-0.2, -0.15) is 0 Å². The fourth-order valence-corrected chi connectivity index (χ4v) is 1.63. The summed E-state index contributed by atoms with van der Waals surface area (Å²) in [5.41, 5.74) is 1.02. The first kappa shape index (κ1) is 14.8. The average molecular weight is 251 g/mol. The summed E-state index contributed by atoms with van der Waals surface area (Å²) in [7, 11) is 0. The third-order valence-electron chi connectivity index (χ3n) is 2.68. The number of nitrogens with one attached hydrogen (secondary N) is 2. The zero-order valence-corrected chi connectivity index (χ0v) is 12.1. The smallest absolute Gasteiger partial charge is 0.237 e. The maximum Gasteiger partial charge on any atom is 0.237 e. The zero-order chi connectivity index (χ0) is 13.8. The Morgan fingerprint density at radius 3 is 2.61 bits per heavy atom. The van der Waals surface area contributed by atoms with Crippen LogP contribution in [-0.2, 0) is 17.9 Å². The summed E-state index contributed by atoms with van der Waals surface area (Å²) in [4.78, 5) is 11.9. The lowest BCUT2D eigenvalue weighted by Gasteiger charge is -2.23. The second-order valence-corrected chi connectivity index (χ2v) is 5.69. The Balaban J connectivity index is 2.41. The first-order chi connectivity index (χ1) is 8.31. The van der Waals surface area contributed by atoms with E-state index in [1.165, 1.54) is 5.56 Å². The normalized spacial score (nSPS) is 13.4. The van der Waals surface area contributed by atoms with Crippen LogP contribution in [0.25, 0.3) is 0 Å². The Morgan fingerprint density at radius 2 is 2.11 bits per heavy atom. The lowest BCUT2D eigenvalue weighted by molar-refractivity contribution is -0.124. The summed E-state index contributed by atoms with van der Waals surface area (Å²) >= 11 is 0. The molecular formula is C14H25N3O. The zero-order valence-electron chi connectivity index (χ0n) is 12.1. The number of nitrogens with zero attached hydrogens (tertiary/aromatic N) is 1. The summed E-state index contributed by atoms with van der Waals surface area (Å²) in [5, 5.41) is 6.20. The molecule has 1 rings (SSSR count). The number of hydrogen-bond donors (Lipinski definition) is 2. The molecule has 0 aliphatic heterocycles. The van der Waals surface area contributed by atoms with Gasteiger partial charge in [0, 0.05) is 31.0 Å². The van der Waals surface area contributed by atoms with Crippen molar-refractivity contribution < 1.29 is 4.79 Å². The monoisotopic (exact) mass is 251 g/mol. The van der Waals surface area contributed by atoms with Crippen LogP contribution in [0, 0.1) is 0 Å². The lowest BCUT2D eigenvalue weighted by Crippen LogP contribution is -2.49. The molecule has 1 amide bonds. The Morgan fingerprint density at radius 1 is 1.44 bits per heavy atom. The molecule has 0 fully saturated rings. The maximum atomic E-state index is 11.9. The molecule has 0 aliphatic carbocycles. The predicted octanol–water partition coefficient (Wildman–Crippen LogP) is 1.90. The van der Waals surface area contributed by atoms with Crippen LogP contribution in [-0.4, -0.2) is 22.1 Å². The Bertz CT molecular complexity index is 390. The molecule has 1 unspecified atom stereocenters. The van der Waals surface area contributed by atoms with Crippen LogP contribution in [0.2, 0.25) is 0 Å². The van der Waals surface area contributed by atoms with Crippen molar-refractivity contribution in [1.29, 1.82) is 0 Å². The highest BCUT2D eigenvalue weighted by Gasteiger charge is 2.18. The van der Waals surface area contributed by atoms with Gasteiger partial charge in [0.05, 0.1) is 6.04 Å². The van der Waals surface area contributed by atoms with E-state index in [-0.39, 0.29) is 17.5 Å². The van der Waals surface area contributed by atoms with Crippen molar-refractivity contribution in [2.75, 3.05) is 0 Å². The van der Waals surface area contributed by atoms with Crippen LogP contribution in [0.1, 0.15) is 40.2 Å². The molecule has 0 spiro atoms. The molecule has 0 bridgehead atoms. The van der Waals surface area contributed by atoms with E-state index in [1.807, 2.05) is 27.7 Å². The Labute approximate surface area is 110 Å². The summed E-state index contributed by atoms with van der Waals surface area (Å²) in [5.74, 6) is 0.0393. The molecule has 102 valence electrons. The van der Waals surface area contributed by atoms with Crippen molar-refractivity contribution in [3.63, 3.8) is 0 Å². The molecule has 0 aromatic carbocycles. The first-order valence-corrected chi connectivity index (χ1v) is 6.52. The highest BCUT2D eigenvalue weighted by Crippen LogP contribution is 2.03. The molecular weight excluding hydrogens is 226 g/mol. The largest absolute Gasteiger partial charge is 0.354 e. The Kier molecular flexibility index (Phi) is 4.96. The third-order valence-corrected chi connectivity index (χ3v) is 2.68. The second kappa shape index (κ2) is 6.05. The minimum Gasteiger partial charge on any atom is -0.354 e. The molecule has 0 radical (unpaired) electrons. The van der Waals surface area contributed by atoms with Crippen molar-refractivity contribution in [2.45, 2.75) is 59.3 Å². The average Bonchev–Trinajstić information content (AvgIpc) is 2.71. The van der Waals surface area contributed by atoms with E-state index in [2.05, 4.69) is 40.6 Å². The number of hydrogen-bond acceptors (Lipinski definition) is 2. The molecule has 1 heterocycles. The van der Waals surface area contributed by atoms with Crippen molar-refractivity contribution in [1.82, 2.24) is 15.2 Å². The van der Waals surface area contributed by atoms with Crippen molar-refractivity contribution in [3.8, 4) is 0 Å². The van der Waals surface area contributed by atoms with E-state index in [0.717, 1.165) is 6.54 Å². The van der Waals surface area contributed by atoms with Gasteiger partial charge in [-0.25, -0.2) is 0 Å². The molecule has 2 N–H and O–H groups in total. The van der Waals surface area contributed by atoms with Gasteiger partial charge < -0.3 is 15.2 Å². The number of rotatable bonds is 5. The molecule has 4 heteroatoms. The van der Waals surface area contributed by atoms with Crippen LogP contribution < -0.4 is 10.6 Å². The molecule has 4 nitrogen and oxygen atoms in total. The van der Waals surface area contributed by atoms with Gasteiger partial charge in [-0.15, -0.1) is 0 Å². The number of aryl methyl sites for hydroxylation is 1. The first-order valence-electron chi connectivity index (χ1n) is 6.52. The standard InChI is InChI=1S/C14H25N3O/c1-6-17-8-7-12(10-17)9-15-11(2)13(18)16-14(3,4)5/h7-8,10-11,15H,6,9H2,1-5H3,(H,16,18). The highest BCUT2D eigenvalue weighted by atomic mass is 16.2. The minimum absolute atomic E-state index is 0.0393. The predicted molar refractivity (Wildman–Crippen MR) is 74.3 cm³/mol. The van der Waals surface area contributed by atoms with E-state index in [1.54, 1.807) is 0 Å². The van der Waals surface area contributed by atoms with Gasteiger partial charge in [0.1, 0.15) is 0 Å². The summed E-state index contributed by atoms with van der Waals surface area (Å²) < 4.78 is 2.12. The van der Waals surface area contributed by atoms with Gasteiger partial charge in [0.25, 0.3) is 0 Å². The molecule has 1 aromatic heterocycles. The molecule has 1 aromatic rings. The van der Waals surface area contributed by atoms with E-state index in [4.69, 9.17) is 0 Å². The van der Waals surface area contributed by atoms with Gasteiger partial charge >= 0.3 is 0 Å². The fraction of sp³-hybridized carbons (Fsp3) is 0.643. The third kappa shape index (κ3) is 4.92. The molecule has 0 saturated carbocycles. The van der Waals surface area contributed by atoms with Crippen molar-refractivity contribution in [3.05, 3.63) is 24.0 Å². The van der Waals surface area contributed by atoms with E-state index in [9.17, 15) is 4.79 Å². The number of amides is 1. The lowest BCUT2D eigenvalue weighted by atomic mass is 10.1. The van der Waals surface area contributed by atoms with Crippen LogP contribution >= 0.6 is 0 Å². The van der Waals surface area contributed by atoms with Gasteiger partial charge in [0.15, 0.2) is 0 Å². The van der Waals surface area contributed by atoms with E-state index >= 15 is 0 Å². The van der Waals surface area contributed by atoms with Gasteiger partial charge in [-0.05, 0) is 46.2 Å². The van der Waals surface area contributed by atoms with Crippen molar-refractivity contribution >= 4 is 5.91 Å². The molecule has 0 saturated heterocycles. The van der Waals surface area contributed by atoms with Gasteiger partial charge in [0.2, 0.25) is 5.91 Å². The van der Waals surface area contributed by atoms with Crippen molar-refractivity contribution in [2.24, 2.45) is 0 Å². The fourth-order valence-electron chi connectivity index (χ4n) is 1.63. The van der Waals surface area contributed by atoms with Crippen LogP contribution in [0.5, 0.6) is 0 Å².